The number of aliphatic hydroxyl groups excluding tert-OH is 1. The average Bonchev–Trinajstić information content (AvgIpc) is 2.53. The highest BCUT2D eigenvalue weighted by Crippen LogP contribution is 2.39. The van der Waals surface area contributed by atoms with Crippen LogP contribution in [0.3, 0.4) is 0 Å². The van der Waals surface area contributed by atoms with E-state index >= 15 is 0 Å². The lowest BCUT2D eigenvalue weighted by Gasteiger charge is -2.42. The molecule has 0 bridgehead atoms. The van der Waals surface area contributed by atoms with Gasteiger partial charge in [0.25, 0.3) is 0 Å². The Morgan fingerprint density at radius 3 is 2.16 bits per heavy atom. The van der Waals surface area contributed by atoms with Gasteiger partial charge in [0.15, 0.2) is 8.32 Å². The molecule has 25 heavy (non-hydrogen) atoms. The number of carbonyl (C=O) groups is 1. The molecule has 0 aliphatic carbocycles. The molecule has 0 saturated carbocycles. The number of aliphatic hydroxyl groups is 1. The first-order chi connectivity index (χ1) is 11.3. The van der Waals surface area contributed by atoms with Gasteiger partial charge in [-0.25, -0.2) is 4.79 Å². The van der Waals surface area contributed by atoms with Crippen molar-refractivity contribution in [3.05, 3.63) is 23.3 Å². The second-order valence-electron chi connectivity index (χ2n) is 8.37. The predicted molar refractivity (Wildman–Crippen MR) is 107 cm³/mol. The Bertz CT molecular complexity index is 500. The van der Waals surface area contributed by atoms with E-state index in [0.717, 1.165) is 5.57 Å². The van der Waals surface area contributed by atoms with E-state index < -0.39 is 14.4 Å². The van der Waals surface area contributed by atoms with Crippen LogP contribution in [0.1, 0.15) is 54.9 Å². The number of methoxy groups -OCH3 is 1. The van der Waals surface area contributed by atoms with Crippen LogP contribution in [0.5, 0.6) is 0 Å². The standard InChI is InChI=1S/C20H38O4Si/c1-11-14(2)18(24-25(9,10)20(5,6)7)16(4)17(21)13-12-15(3)19(22)23-8/h11-12,16-18,21H,13H2,1-10H3/b14-11+,15-12+/t16-,17+,18-/m0/s1. The summed E-state index contributed by atoms with van der Waals surface area (Å²) in [6.45, 7) is 18.8. The highest BCUT2D eigenvalue weighted by molar-refractivity contribution is 6.74. The number of hydrogen-bond donors (Lipinski definition) is 1. The molecule has 146 valence electrons. The Balaban J connectivity index is 5.32. The smallest absolute Gasteiger partial charge is 0.333 e. The lowest BCUT2D eigenvalue weighted by Crippen LogP contribution is -2.47. The zero-order valence-corrected chi connectivity index (χ0v) is 18.8. The fraction of sp³-hybridized carbons (Fsp3) is 0.750. The van der Waals surface area contributed by atoms with Crippen LogP contribution in [0, 0.1) is 5.92 Å². The van der Waals surface area contributed by atoms with Crippen LogP contribution in [-0.4, -0.2) is 38.7 Å². The quantitative estimate of drug-likeness (QED) is 0.287. The highest BCUT2D eigenvalue weighted by Gasteiger charge is 2.41. The maximum absolute atomic E-state index is 11.5. The maximum Gasteiger partial charge on any atom is 0.333 e. The van der Waals surface area contributed by atoms with Gasteiger partial charge in [0.2, 0.25) is 0 Å². The zero-order chi connectivity index (χ0) is 20.0. The van der Waals surface area contributed by atoms with Crippen LogP contribution >= 0.6 is 0 Å². The Morgan fingerprint density at radius 2 is 1.76 bits per heavy atom. The molecule has 3 atom stereocenters. The molecule has 0 aliphatic rings. The molecular formula is C20H38O4Si. The third-order valence-electron chi connectivity index (χ3n) is 5.39. The van der Waals surface area contributed by atoms with Crippen molar-refractivity contribution in [2.45, 2.75) is 85.2 Å². The van der Waals surface area contributed by atoms with E-state index in [4.69, 9.17) is 9.16 Å². The maximum atomic E-state index is 11.5. The number of hydrogen-bond acceptors (Lipinski definition) is 4. The number of rotatable bonds is 8. The molecule has 0 fully saturated rings. The number of esters is 1. The summed E-state index contributed by atoms with van der Waals surface area (Å²) in [6.07, 6.45) is 3.46. The van der Waals surface area contributed by atoms with Gasteiger partial charge >= 0.3 is 5.97 Å². The van der Waals surface area contributed by atoms with E-state index in [-0.39, 0.29) is 23.0 Å². The molecule has 0 amide bonds. The summed E-state index contributed by atoms with van der Waals surface area (Å²) in [5.74, 6) is -0.439. The minimum atomic E-state index is -1.97. The molecule has 0 aromatic heterocycles. The van der Waals surface area contributed by atoms with E-state index in [1.54, 1.807) is 13.0 Å². The van der Waals surface area contributed by atoms with Crippen molar-refractivity contribution in [1.82, 2.24) is 0 Å². The monoisotopic (exact) mass is 370 g/mol. The molecule has 0 radical (unpaired) electrons. The van der Waals surface area contributed by atoms with E-state index in [1.807, 2.05) is 13.8 Å². The van der Waals surface area contributed by atoms with Crippen LogP contribution in [-0.2, 0) is 14.0 Å². The lowest BCUT2D eigenvalue weighted by molar-refractivity contribution is -0.136. The van der Waals surface area contributed by atoms with Crippen LogP contribution in [0.2, 0.25) is 18.1 Å². The van der Waals surface area contributed by atoms with E-state index in [1.165, 1.54) is 7.11 Å². The van der Waals surface area contributed by atoms with Crippen molar-refractivity contribution in [3.8, 4) is 0 Å². The minimum Gasteiger partial charge on any atom is -0.466 e. The van der Waals surface area contributed by atoms with Crippen molar-refractivity contribution in [1.29, 1.82) is 0 Å². The molecule has 5 heteroatoms. The van der Waals surface area contributed by atoms with Gasteiger partial charge in [-0.3, -0.25) is 0 Å². The largest absolute Gasteiger partial charge is 0.466 e. The second kappa shape index (κ2) is 9.69. The van der Waals surface area contributed by atoms with Gasteiger partial charge in [-0.05, 0) is 50.9 Å². The van der Waals surface area contributed by atoms with Crippen molar-refractivity contribution in [3.63, 3.8) is 0 Å². The van der Waals surface area contributed by atoms with Crippen molar-refractivity contribution in [2.75, 3.05) is 7.11 Å². The van der Waals surface area contributed by atoms with Crippen LogP contribution in [0.15, 0.2) is 23.3 Å². The van der Waals surface area contributed by atoms with Crippen LogP contribution in [0.25, 0.3) is 0 Å². The van der Waals surface area contributed by atoms with E-state index in [9.17, 15) is 9.90 Å². The van der Waals surface area contributed by atoms with Crippen molar-refractivity contribution >= 4 is 14.3 Å². The predicted octanol–water partition coefficient (Wildman–Crippen LogP) is 4.85. The molecule has 0 saturated heterocycles. The summed E-state index contributed by atoms with van der Waals surface area (Å²) in [5, 5.41) is 10.7. The lowest BCUT2D eigenvalue weighted by atomic mass is 9.91. The Morgan fingerprint density at radius 1 is 1.24 bits per heavy atom. The molecule has 0 heterocycles. The van der Waals surface area contributed by atoms with Gasteiger partial charge < -0.3 is 14.3 Å². The molecule has 1 N–H and O–H groups in total. The summed E-state index contributed by atoms with van der Waals surface area (Å²) in [6, 6.07) is 0. The SMILES string of the molecule is C/C=C(\C)[C@H](O[Si](C)(C)C(C)(C)C)[C@@H](C)[C@H](O)C/C=C(\C)C(=O)OC. The molecule has 0 aromatic rings. The first-order valence-electron chi connectivity index (χ1n) is 9.02. The average molecular weight is 371 g/mol. The highest BCUT2D eigenvalue weighted by atomic mass is 28.4. The normalized spacial score (nSPS) is 17.9. The van der Waals surface area contributed by atoms with Gasteiger partial charge in [-0.15, -0.1) is 0 Å². The Hall–Kier alpha value is -0.913. The van der Waals surface area contributed by atoms with Crippen molar-refractivity contribution in [2.24, 2.45) is 5.92 Å². The summed E-state index contributed by atoms with van der Waals surface area (Å²) in [4.78, 5) is 11.5. The van der Waals surface area contributed by atoms with Gasteiger partial charge in [-0.2, -0.15) is 0 Å². The van der Waals surface area contributed by atoms with E-state index in [0.29, 0.717) is 12.0 Å². The fourth-order valence-corrected chi connectivity index (χ4v) is 3.62. The van der Waals surface area contributed by atoms with Crippen LogP contribution in [0.4, 0.5) is 0 Å². The molecular weight excluding hydrogens is 332 g/mol. The van der Waals surface area contributed by atoms with Gasteiger partial charge in [0, 0.05) is 11.5 Å². The Labute approximate surface area is 155 Å². The summed E-state index contributed by atoms with van der Waals surface area (Å²) >= 11 is 0. The second-order valence-corrected chi connectivity index (χ2v) is 13.1. The molecule has 0 spiro atoms. The summed E-state index contributed by atoms with van der Waals surface area (Å²) in [7, 11) is -0.607. The fourth-order valence-electron chi connectivity index (χ4n) is 2.23. The summed E-state index contributed by atoms with van der Waals surface area (Å²) in [5.41, 5.74) is 1.64. The van der Waals surface area contributed by atoms with Crippen molar-refractivity contribution < 1.29 is 19.1 Å². The molecule has 0 rings (SSSR count). The Kier molecular flexibility index (Phi) is 9.34. The summed E-state index contributed by atoms with van der Waals surface area (Å²) < 4.78 is 11.3. The number of carbonyl (C=O) groups excluding carboxylic acids is 1. The minimum absolute atomic E-state index is 0.0768. The van der Waals surface area contributed by atoms with Gasteiger partial charge in [-0.1, -0.05) is 39.8 Å². The number of allylic oxidation sites excluding steroid dienone is 1. The first-order valence-corrected chi connectivity index (χ1v) is 11.9. The van der Waals surface area contributed by atoms with Gasteiger partial charge in [0.05, 0.1) is 19.3 Å². The van der Waals surface area contributed by atoms with Gasteiger partial charge in [0.1, 0.15) is 0 Å². The molecule has 0 aliphatic heterocycles. The zero-order valence-electron chi connectivity index (χ0n) is 17.8. The molecule has 0 aromatic carbocycles. The molecule has 4 nitrogen and oxygen atoms in total. The third-order valence-corrected chi connectivity index (χ3v) is 9.84. The van der Waals surface area contributed by atoms with E-state index in [2.05, 4.69) is 46.9 Å². The third kappa shape index (κ3) is 7.08. The number of ether oxygens (including phenoxy) is 1. The topological polar surface area (TPSA) is 55.8 Å². The first kappa shape index (κ1) is 24.1. The van der Waals surface area contributed by atoms with Crippen LogP contribution < -0.4 is 0 Å². The molecule has 0 unspecified atom stereocenters.